The molecule has 0 aliphatic rings. The van der Waals surface area contributed by atoms with Gasteiger partial charge >= 0.3 is 0 Å². The predicted molar refractivity (Wildman–Crippen MR) is 72.3 cm³/mol. The first-order valence-corrected chi connectivity index (χ1v) is 5.85. The lowest BCUT2D eigenvalue weighted by Gasteiger charge is -2.11. The second kappa shape index (κ2) is 5.95. The fraction of sp³-hybridized carbons (Fsp3) is 0.143. The van der Waals surface area contributed by atoms with Gasteiger partial charge in [-0.1, -0.05) is 18.2 Å². The molecule has 0 radical (unpaired) electrons. The smallest absolute Gasteiger partial charge is 0.221 e. The first-order valence-electron chi connectivity index (χ1n) is 5.85. The van der Waals surface area contributed by atoms with Gasteiger partial charge in [0, 0.05) is 25.4 Å². The summed E-state index contributed by atoms with van der Waals surface area (Å²) in [5.41, 5.74) is 1.98. The Morgan fingerprint density at radius 1 is 1.26 bits per heavy atom. The zero-order valence-corrected chi connectivity index (χ0v) is 10.5. The predicted octanol–water partition coefficient (Wildman–Crippen LogP) is 2.79. The maximum Gasteiger partial charge on any atom is 0.221 e. The average molecular weight is 259 g/mol. The standard InChI is InChI=1S/C14H14FN3O/c1-10(19)18-13-5-3-2-4-11(13)8-17-14-6-7-16-9-12(14)15/h2-7,9H,8H2,1H3,(H,16,17)(H,18,19). The van der Waals surface area contributed by atoms with Gasteiger partial charge in [0.05, 0.1) is 11.9 Å². The summed E-state index contributed by atoms with van der Waals surface area (Å²) in [5.74, 6) is -0.540. The van der Waals surface area contributed by atoms with Gasteiger partial charge in [-0.15, -0.1) is 0 Å². The first-order chi connectivity index (χ1) is 9.16. The molecular formula is C14H14FN3O. The van der Waals surface area contributed by atoms with Crippen LogP contribution in [0.15, 0.2) is 42.7 Å². The minimum atomic E-state index is -0.403. The molecule has 19 heavy (non-hydrogen) atoms. The number of carbonyl (C=O) groups is 1. The van der Waals surface area contributed by atoms with E-state index in [4.69, 9.17) is 0 Å². The van der Waals surface area contributed by atoms with Gasteiger partial charge < -0.3 is 10.6 Å². The second-order valence-corrected chi connectivity index (χ2v) is 4.05. The Bertz CT molecular complexity index is 586. The van der Waals surface area contributed by atoms with E-state index in [1.807, 2.05) is 18.2 Å². The number of anilines is 2. The van der Waals surface area contributed by atoms with Crippen molar-refractivity contribution in [3.8, 4) is 0 Å². The lowest BCUT2D eigenvalue weighted by atomic mass is 10.1. The topological polar surface area (TPSA) is 54.0 Å². The van der Waals surface area contributed by atoms with Crippen molar-refractivity contribution in [3.63, 3.8) is 0 Å². The molecule has 1 aromatic heterocycles. The number of rotatable bonds is 4. The summed E-state index contributed by atoms with van der Waals surface area (Å²) in [6.45, 7) is 1.87. The quantitative estimate of drug-likeness (QED) is 0.887. The Morgan fingerprint density at radius 3 is 2.79 bits per heavy atom. The average Bonchev–Trinajstić information content (AvgIpc) is 2.39. The Balaban J connectivity index is 2.11. The summed E-state index contributed by atoms with van der Waals surface area (Å²) in [5, 5.41) is 5.72. The highest BCUT2D eigenvalue weighted by Gasteiger charge is 2.05. The third-order valence-corrected chi connectivity index (χ3v) is 2.57. The molecule has 0 unspecified atom stereocenters. The maximum atomic E-state index is 13.4. The highest BCUT2D eigenvalue weighted by Crippen LogP contribution is 2.18. The van der Waals surface area contributed by atoms with E-state index in [1.165, 1.54) is 13.1 Å². The fourth-order valence-electron chi connectivity index (χ4n) is 1.70. The van der Waals surface area contributed by atoms with Crippen LogP contribution in [-0.4, -0.2) is 10.9 Å². The number of carbonyl (C=O) groups excluding carboxylic acids is 1. The van der Waals surface area contributed by atoms with Crippen molar-refractivity contribution >= 4 is 17.3 Å². The van der Waals surface area contributed by atoms with Gasteiger partial charge in [0.15, 0.2) is 5.82 Å². The molecule has 98 valence electrons. The molecule has 0 aliphatic heterocycles. The highest BCUT2D eigenvalue weighted by molar-refractivity contribution is 5.89. The molecule has 0 saturated carbocycles. The number of benzene rings is 1. The normalized spacial score (nSPS) is 10.0. The molecule has 4 nitrogen and oxygen atoms in total. The van der Waals surface area contributed by atoms with Gasteiger partial charge in [-0.3, -0.25) is 9.78 Å². The molecule has 1 amide bonds. The number of hydrogen-bond donors (Lipinski definition) is 2. The van der Waals surface area contributed by atoms with Crippen molar-refractivity contribution < 1.29 is 9.18 Å². The van der Waals surface area contributed by atoms with Crippen molar-refractivity contribution in [1.29, 1.82) is 0 Å². The van der Waals surface area contributed by atoms with Gasteiger partial charge in [-0.05, 0) is 17.7 Å². The molecule has 0 bridgehead atoms. The molecule has 0 saturated heterocycles. The van der Waals surface area contributed by atoms with Crippen LogP contribution in [0.3, 0.4) is 0 Å². The van der Waals surface area contributed by atoms with Crippen molar-refractivity contribution in [2.75, 3.05) is 10.6 Å². The van der Waals surface area contributed by atoms with Crippen molar-refractivity contribution in [1.82, 2.24) is 4.98 Å². The van der Waals surface area contributed by atoms with Gasteiger partial charge in [0.25, 0.3) is 0 Å². The molecule has 5 heteroatoms. The summed E-state index contributed by atoms with van der Waals surface area (Å²) >= 11 is 0. The molecule has 1 heterocycles. The summed E-state index contributed by atoms with van der Waals surface area (Å²) in [6, 6.07) is 8.95. The van der Waals surface area contributed by atoms with E-state index in [2.05, 4.69) is 15.6 Å². The zero-order valence-electron chi connectivity index (χ0n) is 10.5. The van der Waals surface area contributed by atoms with Crippen molar-refractivity contribution in [2.24, 2.45) is 0 Å². The Kier molecular flexibility index (Phi) is 4.07. The molecular weight excluding hydrogens is 245 g/mol. The summed E-state index contributed by atoms with van der Waals surface area (Å²) < 4.78 is 13.4. The highest BCUT2D eigenvalue weighted by atomic mass is 19.1. The molecule has 1 aromatic carbocycles. The van der Waals surface area contributed by atoms with Gasteiger partial charge in [-0.2, -0.15) is 0 Å². The van der Waals surface area contributed by atoms with Crippen LogP contribution in [0.25, 0.3) is 0 Å². The van der Waals surface area contributed by atoms with Crippen LogP contribution in [0, 0.1) is 5.82 Å². The largest absolute Gasteiger partial charge is 0.378 e. The van der Waals surface area contributed by atoms with E-state index in [9.17, 15) is 9.18 Å². The zero-order chi connectivity index (χ0) is 13.7. The summed E-state index contributed by atoms with van der Waals surface area (Å²) in [7, 11) is 0. The van der Waals surface area contributed by atoms with E-state index in [1.54, 1.807) is 12.1 Å². The number of hydrogen-bond acceptors (Lipinski definition) is 3. The molecule has 0 fully saturated rings. The number of pyridine rings is 1. The lowest BCUT2D eigenvalue weighted by Crippen LogP contribution is -2.10. The SMILES string of the molecule is CC(=O)Nc1ccccc1CNc1ccncc1F. The summed E-state index contributed by atoms with van der Waals surface area (Å²) in [6.07, 6.45) is 2.67. The monoisotopic (exact) mass is 259 g/mol. The lowest BCUT2D eigenvalue weighted by molar-refractivity contribution is -0.114. The van der Waals surface area contributed by atoms with Gasteiger partial charge in [0.2, 0.25) is 5.91 Å². The summed E-state index contributed by atoms with van der Waals surface area (Å²) in [4.78, 5) is 14.8. The number of halogens is 1. The van der Waals surface area contributed by atoms with Crippen LogP contribution in [0.2, 0.25) is 0 Å². The Morgan fingerprint density at radius 2 is 2.05 bits per heavy atom. The van der Waals surface area contributed by atoms with E-state index in [0.29, 0.717) is 12.2 Å². The third kappa shape index (κ3) is 3.51. The third-order valence-electron chi connectivity index (χ3n) is 2.57. The fourth-order valence-corrected chi connectivity index (χ4v) is 1.70. The maximum absolute atomic E-state index is 13.4. The van der Waals surface area contributed by atoms with Crippen molar-refractivity contribution in [2.45, 2.75) is 13.5 Å². The number of para-hydroxylation sites is 1. The Hall–Kier alpha value is -2.43. The molecule has 2 aromatic rings. The minimum absolute atomic E-state index is 0.137. The van der Waals surface area contributed by atoms with Gasteiger partial charge in [0.1, 0.15) is 0 Å². The number of aromatic nitrogens is 1. The van der Waals surface area contributed by atoms with Crippen molar-refractivity contribution in [3.05, 3.63) is 54.1 Å². The number of amides is 1. The van der Waals surface area contributed by atoms with Crippen LogP contribution < -0.4 is 10.6 Å². The van der Waals surface area contributed by atoms with Crippen LogP contribution in [0.5, 0.6) is 0 Å². The first kappa shape index (κ1) is 13.0. The van der Waals surface area contributed by atoms with E-state index in [-0.39, 0.29) is 5.91 Å². The second-order valence-electron chi connectivity index (χ2n) is 4.05. The molecule has 0 spiro atoms. The number of nitrogens with zero attached hydrogens (tertiary/aromatic N) is 1. The van der Waals surface area contributed by atoms with Crippen LogP contribution >= 0.6 is 0 Å². The van der Waals surface area contributed by atoms with E-state index < -0.39 is 5.82 Å². The minimum Gasteiger partial charge on any atom is -0.378 e. The van der Waals surface area contributed by atoms with Crippen LogP contribution in [0.4, 0.5) is 15.8 Å². The van der Waals surface area contributed by atoms with Crippen LogP contribution in [0.1, 0.15) is 12.5 Å². The Labute approximate surface area is 110 Å². The number of nitrogens with one attached hydrogen (secondary N) is 2. The van der Waals surface area contributed by atoms with E-state index in [0.717, 1.165) is 17.4 Å². The van der Waals surface area contributed by atoms with Crippen LogP contribution in [-0.2, 0) is 11.3 Å². The van der Waals surface area contributed by atoms with E-state index >= 15 is 0 Å². The van der Waals surface area contributed by atoms with Gasteiger partial charge in [-0.25, -0.2) is 4.39 Å². The molecule has 2 rings (SSSR count). The molecule has 0 atom stereocenters. The molecule has 2 N–H and O–H groups in total. The molecule has 0 aliphatic carbocycles.